The smallest absolute Gasteiger partial charge is 0.223 e. The third-order valence-electron chi connectivity index (χ3n) is 5.19. The van der Waals surface area contributed by atoms with E-state index in [1.807, 2.05) is 30.3 Å². The molecule has 1 aromatic carbocycles. The number of carbonyl (C=O) groups excluding carboxylic acids is 2. The lowest BCUT2D eigenvalue weighted by molar-refractivity contribution is -0.130. The molecule has 3 unspecified atom stereocenters. The van der Waals surface area contributed by atoms with Crippen LogP contribution in [-0.4, -0.2) is 34.5 Å². The fourth-order valence-electron chi connectivity index (χ4n) is 3.87. The van der Waals surface area contributed by atoms with Crippen LogP contribution < -0.4 is 5.32 Å². The number of nitrogens with zero attached hydrogens (tertiary/aromatic N) is 1. The first-order valence-electron chi connectivity index (χ1n) is 9.05. The summed E-state index contributed by atoms with van der Waals surface area (Å²) >= 11 is 0. The second-order valence-corrected chi connectivity index (χ2v) is 7.08. The monoisotopic (exact) mass is 342 g/mol. The van der Waals surface area contributed by atoms with Crippen molar-refractivity contribution in [2.75, 3.05) is 6.54 Å². The van der Waals surface area contributed by atoms with E-state index in [4.69, 9.17) is 0 Å². The van der Waals surface area contributed by atoms with Crippen molar-refractivity contribution in [1.82, 2.24) is 10.2 Å². The van der Waals surface area contributed by atoms with Crippen molar-refractivity contribution < 1.29 is 14.7 Å². The van der Waals surface area contributed by atoms with E-state index in [1.165, 1.54) is 6.92 Å². The first kappa shape index (κ1) is 17.7. The lowest BCUT2D eigenvalue weighted by Gasteiger charge is -2.32. The molecule has 2 amide bonds. The summed E-state index contributed by atoms with van der Waals surface area (Å²) < 4.78 is 0. The van der Waals surface area contributed by atoms with Crippen molar-refractivity contribution in [2.24, 2.45) is 5.92 Å². The Balaban J connectivity index is 1.64. The van der Waals surface area contributed by atoms with Gasteiger partial charge in [-0.15, -0.1) is 0 Å². The Morgan fingerprint density at radius 3 is 2.84 bits per heavy atom. The van der Waals surface area contributed by atoms with Crippen LogP contribution >= 0.6 is 0 Å². The predicted octanol–water partition coefficient (Wildman–Crippen LogP) is 2.62. The number of amides is 2. The van der Waals surface area contributed by atoms with Crippen molar-refractivity contribution in [2.45, 2.75) is 51.2 Å². The predicted molar refractivity (Wildman–Crippen MR) is 96.3 cm³/mol. The van der Waals surface area contributed by atoms with Crippen molar-refractivity contribution in [3.8, 4) is 0 Å². The lowest BCUT2D eigenvalue weighted by atomic mass is 9.87. The number of hydrogen-bond donors (Lipinski definition) is 2. The lowest BCUT2D eigenvalue weighted by Crippen LogP contribution is -2.37. The number of benzene rings is 1. The van der Waals surface area contributed by atoms with Gasteiger partial charge in [-0.3, -0.25) is 9.59 Å². The van der Waals surface area contributed by atoms with Crippen LogP contribution in [0, 0.1) is 5.92 Å². The molecule has 0 radical (unpaired) electrons. The Morgan fingerprint density at radius 2 is 2.08 bits per heavy atom. The average Bonchev–Trinajstić information content (AvgIpc) is 2.60. The molecule has 134 valence electrons. The molecule has 3 rings (SSSR count). The molecule has 1 aromatic rings. The molecule has 1 aliphatic heterocycles. The van der Waals surface area contributed by atoms with Gasteiger partial charge in [0.15, 0.2) is 0 Å². The van der Waals surface area contributed by atoms with Gasteiger partial charge in [-0.1, -0.05) is 30.7 Å². The summed E-state index contributed by atoms with van der Waals surface area (Å²) in [6, 6.07) is 7.60. The number of rotatable bonds is 4. The summed E-state index contributed by atoms with van der Waals surface area (Å²) in [5, 5.41) is 12.7. The molecule has 2 aliphatic rings. The zero-order valence-corrected chi connectivity index (χ0v) is 14.6. The van der Waals surface area contributed by atoms with Crippen molar-refractivity contribution in [3.63, 3.8) is 0 Å². The normalized spacial score (nSPS) is 25.4. The Morgan fingerprint density at radius 1 is 1.28 bits per heavy atom. The van der Waals surface area contributed by atoms with E-state index < -0.39 is 0 Å². The minimum absolute atomic E-state index is 0.0542. The first-order chi connectivity index (χ1) is 12.0. The second-order valence-electron chi connectivity index (χ2n) is 7.08. The SMILES string of the molecule is CC(=O)N1C=Cc2ccccc2C1CC(=O)NCC1CCCC(O)C1. The van der Waals surface area contributed by atoms with Crippen LogP contribution in [0.4, 0.5) is 0 Å². The molecule has 2 N–H and O–H groups in total. The van der Waals surface area contributed by atoms with Crippen molar-refractivity contribution >= 4 is 17.9 Å². The summed E-state index contributed by atoms with van der Waals surface area (Å²) in [5.41, 5.74) is 2.05. The maximum Gasteiger partial charge on any atom is 0.223 e. The average molecular weight is 342 g/mol. The van der Waals surface area contributed by atoms with Gasteiger partial charge < -0.3 is 15.3 Å². The van der Waals surface area contributed by atoms with Crippen LogP contribution in [0.3, 0.4) is 0 Å². The van der Waals surface area contributed by atoms with E-state index >= 15 is 0 Å². The molecule has 3 atom stereocenters. The van der Waals surface area contributed by atoms with Crippen LogP contribution in [0.15, 0.2) is 30.5 Å². The molecule has 0 spiro atoms. The second kappa shape index (κ2) is 7.83. The fourth-order valence-corrected chi connectivity index (χ4v) is 3.87. The van der Waals surface area contributed by atoms with Gasteiger partial charge in [0.2, 0.25) is 11.8 Å². The van der Waals surface area contributed by atoms with E-state index in [0.29, 0.717) is 12.5 Å². The van der Waals surface area contributed by atoms with E-state index in [9.17, 15) is 14.7 Å². The molecule has 0 saturated heterocycles. The largest absolute Gasteiger partial charge is 0.393 e. The molecule has 1 heterocycles. The molecule has 5 heteroatoms. The van der Waals surface area contributed by atoms with Crippen LogP contribution in [0.5, 0.6) is 0 Å². The molecular formula is C20H26N2O3. The van der Waals surface area contributed by atoms with Gasteiger partial charge in [0.1, 0.15) is 0 Å². The van der Waals surface area contributed by atoms with E-state index in [0.717, 1.165) is 36.8 Å². The summed E-state index contributed by atoms with van der Waals surface area (Å²) in [6.45, 7) is 2.12. The van der Waals surface area contributed by atoms with E-state index in [1.54, 1.807) is 11.1 Å². The third-order valence-corrected chi connectivity index (χ3v) is 5.19. The van der Waals surface area contributed by atoms with Crippen LogP contribution in [0.2, 0.25) is 0 Å². The highest BCUT2D eigenvalue weighted by Crippen LogP contribution is 2.32. The number of nitrogens with one attached hydrogen (secondary N) is 1. The van der Waals surface area contributed by atoms with Crippen LogP contribution in [0.25, 0.3) is 6.08 Å². The Labute approximate surface area is 148 Å². The third kappa shape index (κ3) is 4.28. The maximum atomic E-state index is 12.5. The van der Waals surface area contributed by atoms with Crippen LogP contribution in [-0.2, 0) is 9.59 Å². The minimum atomic E-state index is -0.268. The van der Waals surface area contributed by atoms with E-state index in [2.05, 4.69) is 5.32 Å². The van der Waals surface area contributed by atoms with Crippen molar-refractivity contribution in [1.29, 1.82) is 0 Å². The summed E-state index contributed by atoms with van der Waals surface area (Å²) in [7, 11) is 0. The first-order valence-corrected chi connectivity index (χ1v) is 9.05. The van der Waals surface area contributed by atoms with E-state index in [-0.39, 0.29) is 30.4 Å². The molecule has 1 saturated carbocycles. The zero-order valence-electron chi connectivity index (χ0n) is 14.6. The fraction of sp³-hybridized carbons (Fsp3) is 0.500. The van der Waals surface area contributed by atoms with Crippen molar-refractivity contribution in [3.05, 3.63) is 41.6 Å². The highest BCUT2D eigenvalue weighted by Gasteiger charge is 2.28. The molecule has 1 fully saturated rings. The standard InChI is InChI=1S/C20H26N2O3/c1-14(23)22-10-9-16-6-2-3-8-18(16)19(22)12-20(25)21-13-15-5-4-7-17(24)11-15/h2-3,6,8-10,15,17,19,24H,4-5,7,11-13H2,1H3,(H,21,25). The Kier molecular flexibility index (Phi) is 5.53. The van der Waals surface area contributed by atoms with Gasteiger partial charge in [0.25, 0.3) is 0 Å². The highest BCUT2D eigenvalue weighted by atomic mass is 16.3. The number of carbonyl (C=O) groups is 2. The Bertz CT molecular complexity index is 671. The molecule has 0 aromatic heterocycles. The van der Waals surface area contributed by atoms with Crippen LogP contribution in [0.1, 0.15) is 56.2 Å². The topological polar surface area (TPSA) is 69.6 Å². The quantitative estimate of drug-likeness (QED) is 0.884. The number of hydrogen-bond acceptors (Lipinski definition) is 3. The summed E-state index contributed by atoms with van der Waals surface area (Å²) in [4.78, 5) is 26.1. The zero-order chi connectivity index (χ0) is 17.8. The molecule has 1 aliphatic carbocycles. The molecule has 5 nitrogen and oxygen atoms in total. The minimum Gasteiger partial charge on any atom is -0.393 e. The van der Waals surface area contributed by atoms with Gasteiger partial charge in [0.05, 0.1) is 18.6 Å². The molecule has 0 bridgehead atoms. The van der Waals surface area contributed by atoms with Gasteiger partial charge in [0, 0.05) is 19.7 Å². The Hall–Kier alpha value is -2.14. The molecular weight excluding hydrogens is 316 g/mol. The summed E-state index contributed by atoms with van der Waals surface area (Å²) in [5.74, 6) is 0.218. The van der Waals surface area contributed by atoms with Gasteiger partial charge in [-0.25, -0.2) is 0 Å². The van der Waals surface area contributed by atoms with Gasteiger partial charge >= 0.3 is 0 Å². The highest BCUT2D eigenvalue weighted by molar-refractivity contribution is 5.81. The number of aliphatic hydroxyl groups excluding tert-OH is 1. The molecule has 25 heavy (non-hydrogen) atoms. The number of fused-ring (bicyclic) bond motifs is 1. The van der Waals surface area contributed by atoms with Gasteiger partial charge in [-0.2, -0.15) is 0 Å². The maximum absolute atomic E-state index is 12.5. The number of aliphatic hydroxyl groups is 1. The summed E-state index contributed by atoms with van der Waals surface area (Å²) in [6.07, 6.45) is 7.37. The van der Waals surface area contributed by atoms with Gasteiger partial charge in [-0.05, 0) is 42.4 Å².